The second kappa shape index (κ2) is 5.35. The molecule has 0 aromatic carbocycles. The van der Waals surface area contributed by atoms with E-state index in [2.05, 4.69) is 6.58 Å². The van der Waals surface area contributed by atoms with Gasteiger partial charge in [0.1, 0.15) is 0 Å². The molecule has 2 N–H and O–H groups in total. The van der Waals surface area contributed by atoms with Crippen LogP contribution in [0.3, 0.4) is 0 Å². The molecule has 0 spiro atoms. The van der Waals surface area contributed by atoms with Crippen molar-refractivity contribution in [3.05, 3.63) is 12.7 Å². The zero-order chi connectivity index (χ0) is 9.61. The van der Waals surface area contributed by atoms with Crippen molar-refractivity contribution in [1.29, 1.82) is 0 Å². The lowest BCUT2D eigenvalue weighted by molar-refractivity contribution is 0.0866. The minimum atomic E-state index is -0.798. The highest BCUT2D eigenvalue weighted by atomic mass is 16.5. The monoisotopic (exact) mass is 172 g/mol. The highest BCUT2D eigenvalue weighted by Crippen LogP contribution is 2.14. The summed E-state index contributed by atoms with van der Waals surface area (Å²) in [5, 5.41) is 18.0. The summed E-state index contributed by atoms with van der Waals surface area (Å²) < 4.78 is 5.06. The summed E-state index contributed by atoms with van der Waals surface area (Å²) in [6.07, 6.45) is 2.01. The van der Waals surface area contributed by atoms with Crippen molar-refractivity contribution in [3.63, 3.8) is 0 Å². The molecule has 4 heteroatoms. The van der Waals surface area contributed by atoms with Gasteiger partial charge in [0.25, 0.3) is 0 Å². The maximum Gasteiger partial charge on any atom is 0.458 e. The Morgan fingerprint density at radius 1 is 1.58 bits per heavy atom. The van der Waals surface area contributed by atoms with Gasteiger partial charge in [-0.25, -0.2) is 0 Å². The van der Waals surface area contributed by atoms with Gasteiger partial charge in [-0.15, -0.1) is 6.58 Å². The van der Waals surface area contributed by atoms with Gasteiger partial charge in [-0.1, -0.05) is 19.9 Å². The van der Waals surface area contributed by atoms with E-state index in [9.17, 15) is 0 Å². The fraction of sp³-hybridized carbons (Fsp3) is 0.750. The lowest BCUT2D eigenvalue weighted by atomic mass is 9.84. The first kappa shape index (κ1) is 11.7. The fourth-order valence-electron chi connectivity index (χ4n) is 0.578. The van der Waals surface area contributed by atoms with Crippen molar-refractivity contribution >= 4 is 7.12 Å². The van der Waals surface area contributed by atoms with Crippen molar-refractivity contribution in [2.24, 2.45) is 5.41 Å². The fourth-order valence-corrected chi connectivity index (χ4v) is 0.578. The molecule has 0 aliphatic rings. The molecule has 0 radical (unpaired) electrons. The standard InChI is InChI=1S/C8H17BO3/c1-4-5-9(11)12-7-8(2,3)6-10/h4,10-11H,1,5-7H2,2-3H3. The third-order valence-electron chi connectivity index (χ3n) is 1.46. The molecule has 0 unspecified atom stereocenters. The first-order valence-corrected chi connectivity index (χ1v) is 4.03. The predicted octanol–water partition coefficient (Wildman–Crippen LogP) is 0.688. The Morgan fingerprint density at radius 2 is 2.17 bits per heavy atom. The van der Waals surface area contributed by atoms with E-state index in [-0.39, 0.29) is 12.0 Å². The Balaban J connectivity index is 3.59. The molecule has 0 bridgehead atoms. The van der Waals surface area contributed by atoms with Gasteiger partial charge in [0.05, 0.1) is 6.61 Å². The molecule has 0 heterocycles. The van der Waals surface area contributed by atoms with E-state index in [1.807, 2.05) is 13.8 Å². The van der Waals surface area contributed by atoms with Crippen LogP contribution in [0.1, 0.15) is 13.8 Å². The summed E-state index contributed by atoms with van der Waals surface area (Å²) in [7, 11) is -0.798. The van der Waals surface area contributed by atoms with E-state index in [1.165, 1.54) is 0 Å². The van der Waals surface area contributed by atoms with Crippen molar-refractivity contribution in [2.45, 2.75) is 20.2 Å². The number of hydrogen-bond acceptors (Lipinski definition) is 3. The SMILES string of the molecule is C=CCB(O)OCC(C)(C)CO. The molecule has 0 rings (SSSR count). The number of hydrogen-bond donors (Lipinski definition) is 2. The number of aliphatic hydroxyl groups excluding tert-OH is 1. The largest absolute Gasteiger partial charge is 0.458 e. The normalized spacial score (nSPS) is 11.3. The van der Waals surface area contributed by atoms with Crippen LogP contribution < -0.4 is 0 Å². The number of rotatable bonds is 6. The average Bonchev–Trinajstić information content (AvgIpc) is 2.02. The maximum absolute atomic E-state index is 9.13. The minimum absolute atomic E-state index is 0.0494. The average molecular weight is 172 g/mol. The van der Waals surface area contributed by atoms with E-state index < -0.39 is 7.12 Å². The van der Waals surface area contributed by atoms with Gasteiger partial charge in [-0.3, -0.25) is 0 Å². The van der Waals surface area contributed by atoms with E-state index in [4.69, 9.17) is 14.8 Å². The van der Waals surface area contributed by atoms with Gasteiger partial charge in [-0.2, -0.15) is 0 Å². The molecule has 0 aliphatic carbocycles. The van der Waals surface area contributed by atoms with E-state index >= 15 is 0 Å². The van der Waals surface area contributed by atoms with E-state index in [0.29, 0.717) is 12.9 Å². The topological polar surface area (TPSA) is 49.7 Å². The molecule has 3 nitrogen and oxygen atoms in total. The van der Waals surface area contributed by atoms with Crippen molar-refractivity contribution in [2.75, 3.05) is 13.2 Å². The molecule has 0 atom stereocenters. The van der Waals surface area contributed by atoms with Crippen molar-refractivity contribution in [1.82, 2.24) is 0 Å². The van der Waals surface area contributed by atoms with Gasteiger partial charge in [0, 0.05) is 12.0 Å². The smallest absolute Gasteiger partial charge is 0.427 e. The summed E-state index contributed by atoms with van der Waals surface area (Å²) in [5.74, 6) is 0. The van der Waals surface area contributed by atoms with Crippen LogP contribution in [0.15, 0.2) is 12.7 Å². The zero-order valence-corrected chi connectivity index (χ0v) is 7.79. The Kier molecular flexibility index (Phi) is 5.21. The molecular weight excluding hydrogens is 155 g/mol. The lowest BCUT2D eigenvalue weighted by Crippen LogP contribution is -2.29. The Morgan fingerprint density at radius 3 is 2.58 bits per heavy atom. The Hall–Kier alpha value is -0.315. The molecule has 0 fully saturated rings. The van der Waals surface area contributed by atoms with Crippen LogP contribution in [0.2, 0.25) is 6.32 Å². The molecule has 0 amide bonds. The number of aliphatic hydroxyl groups is 1. The highest BCUT2D eigenvalue weighted by Gasteiger charge is 2.20. The van der Waals surface area contributed by atoms with Crippen LogP contribution >= 0.6 is 0 Å². The quantitative estimate of drug-likeness (QED) is 0.457. The third-order valence-corrected chi connectivity index (χ3v) is 1.46. The Bertz CT molecular complexity index is 136. The van der Waals surface area contributed by atoms with Crippen LogP contribution in [-0.2, 0) is 4.65 Å². The summed E-state index contributed by atoms with van der Waals surface area (Å²) in [6, 6.07) is 0. The summed E-state index contributed by atoms with van der Waals surface area (Å²) >= 11 is 0. The molecule has 0 saturated heterocycles. The first-order chi connectivity index (χ1) is 5.52. The molecule has 0 aliphatic heterocycles. The van der Waals surface area contributed by atoms with Crippen LogP contribution in [0.4, 0.5) is 0 Å². The molecule has 70 valence electrons. The van der Waals surface area contributed by atoms with Gasteiger partial charge < -0.3 is 14.8 Å². The van der Waals surface area contributed by atoms with Crippen LogP contribution in [0.25, 0.3) is 0 Å². The second-order valence-corrected chi connectivity index (χ2v) is 3.61. The molecule has 0 saturated carbocycles. The molecule has 0 aromatic heterocycles. The predicted molar refractivity (Wildman–Crippen MR) is 49.8 cm³/mol. The third kappa shape index (κ3) is 5.35. The second-order valence-electron chi connectivity index (χ2n) is 3.61. The maximum atomic E-state index is 9.13. The molecule has 12 heavy (non-hydrogen) atoms. The minimum Gasteiger partial charge on any atom is -0.427 e. The van der Waals surface area contributed by atoms with E-state index in [0.717, 1.165) is 0 Å². The van der Waals surface area contributed by atoms with Gasteiger partial charge in [0.2, 0.25) is 0 Å². The summed E-state index contributed by atoms with van der Waals surface area (Å²) in [5.41, 5.74) is -0.290. The lowest BCUT2D eigenvalue weighted by Gasteiger charge is -2.22. The Labute approximate surface area is 74.2 Å². The van der Waals surface area contributed by atoms with Crippen LogP contribution in [0, 0.1) is 5.41 Å². The van der Waals surface area contributed by atoms with Crippen LogP contribution in [-0.4, -0.2) is 30.5 Å². The zero-order valence-electron chi connectivity index (χ0n) is 7.79. The highest BCUT2D eigenvalue weighted by molar-refractivity contribution is 6.43. The van der Waals surface area contributed by atoms with Crippen molar-refractivity contribution < 1.29 is 14.8 Å². The summed E-state index contributed by atoms with van der Waals surface area (Å²) in [4.78, 5) is 0. The summed E-state index contributed by atoms with van der Waals surface area (Å²) in [6.45, 7) is 7.61. The van der Waals surface area contributed by atoms with Gasteiger partial charge in [0.15, 0.2) is 0 Å². The van der Waals surface area contributed by atoms with Gasteiger partial charge in [-0.05, 0) is 6.32 Å². The van der Waals surface area contributed by atoms with Crippen molar-refractivity contribution in [3.8, 4) is 0 Å². The van der Waals surface area contributed by atoms with E-state index in [1.54, 1.807) is 6.08 Å². The van der Waals surface area contributed by atoms with Crippen LogP contribution in [0.5, 0.6) is 0 Å². The number of allylic oxidation sites excluding steroid dienone is 1. The molecular formula is C8H17BO3. The first-order valence-electron chi connectivity index (χ1n) is 4.03. The van der Waals surface area contributed by atoms with Gasteiger partial charge >= 0.3 is 7.12 Å². The molecule has 0 aromatic rings.